The first-order valence-electron chi connectivity index (χ1n) is 6.53. The van der Waals surface area contributed by atoms with Gasteiger partial charge in [-0.2, -0.15) is 0 Å². The van der Waals surface area contributed by atoms with Gasteiger partial charge in [0.1, 0.15) is 0 Å². The summed E-state index contributed by atoms with van der Waals surface area (Å²) in [6, 6.07) is 0. The Hall–Kier alpha value is 0.470. The highest BCUT2D eigenvalue weighted by Crippen LogP contribution is 2.54. The maximum absolute atomic E-state index is 2.63. The van der Waals surface area contributed by atoms with Gasteiger partial charge in [-0.05, 0) is 49.4 Å². The molecule has 3 aliphatic carbocycles. The van der Waals surface area contributed by atoms with E-state index in [1.165, 1.54) is 64.2 Å². The second-order valence-electron chi connectivity index (χ2n) is 5.97. The Kier molecular flexibility index (Phi) is 3.49. The van der Waals surface area contributed by atoms with Crippen LogP contribution < -0.4 is 0 Å². The van der Waals surface area contributed by atoms with Crippen LogP contribution in [-0.4, -0.2) is 0 Å². The first-order chi connectivity index (χ1) is 6.83. The van der Waals surface area contributed by atoms with Crippen LogP contribution in [0.1, 0.15) is 64.2 Å². The van der Waals surface area contributed by atoms with Gasteiger partial charge in [-0.15, -0.1) is 24.0 Å². The van der Waals surface area contributed by atoms with E-state index < -0.39 is 0 Å². The van der Waals surface area contributed by atoms with Crippen molar-refractivity contribution in [2.45, 2.75) is 64.2 Å². The largest absolute Gasteiger partial charge is 0.107 e. The van der Waals surface area contributed by atoms with Crippen LogP contribution in [0.3, 0.4) is 0 Å². The fraction of sp³-hybridized carbons (Fsp3) is 0.857. The van der Waals surface area contributed by atoms with Gasteiger partial charge in [0.2, 0.25) is 0 Å². The summed E-state index contributed by atoms with van der Waals surface area (Å²) >= 11 is 0. The monoisotopic (exact) mass is 318 g/mol. The molecule has 0 aliphatic heterocycles. The maximum atomic E-state index is 2.63. The first-order valence-corrected chi connectivity index (χ1v) is 6.53. The molecule has 15 heavy (non-hydrogen) atoms. The summed E-state index contributed by atoms with van der Waals surface area (Å²) in [6.07, 6.45) is 20.2. The second-order valence-corrected chi connectivity index (χ2v) is 5.97. The van der Waals surface area contributed by atoms with Crippen molar-refractivity contribution in [1.82, 2.24) is 0 Å². The molecule has 0 nitrogen and oxygen atoms in total. The molecule has 0 bridgehead atoms. The topological polar surface area (TPSA) is 0 Å². The molecular weight excluding hydrogens is 295 g/mol. The zero-order valence-corrected chi connectivity index (χ0v) is 12.0. The molecule has 0 saturated heterocycles. The van der Waals surface area contributed by atoms with Crippen LogP contribution in [0.2, 0.25) is 0 Å². The molecule has 0 aromatic rings. The average Bonchev–Trinajstić information content (AvgIpc) is 2.81. The van der Waals surface area contributed by atoms with Gasteiger partial charge in [0.15, 0.2) is 0 Å². The van der Waals surface area contributed by atoms with Gasteiger partial charge in [0.05, 0.1) is 0 Å². The minimum Gasteiger partial charge on any atom is -0.107 e. The van der Waals surface area contributed by atoms with Gasteiger partial charge in [-0.1, -0.05) is 37.8 Å². The van der Waals surface area contributed by atoms with Gasteiger partial charge >= 0.3 is 0 Å². The Morgan fingerprint density at radius 2 is 0.867 bits per heavy atom. The quantitative estimate of drug-likeness (QED) is 0.432. The fourth-order valence-corrected chi connectivity index (χ4v) is 4.01. The average molecular weight is 318 g/mol. The van der Waals surface area contributed by atoms with Crippen molar-refractivity contribution < 1.29 is 0 Å². The van der Waals surface area contributed by atoms with Crippen molar-refractivity contribution in [1.29, 1.82) is 0 Å². The zero-order chi connectivity index (χ0) is 9.49. The van der Waals surface area contributed by atoms with Gasteiger partial charge in [0.25, 0.3) is 0 Å². The van der Waals surface area contributed by atoms with Crippen LogP contribution in [0.4, 0.5) is 0 Å². The number of hydrogen-bond donors (Lipinski definition) is 0. The molecule has 3 rings (SSSR count). The summed E-state index contributed by atoms with van der Waals surface area (Å²) in [7, 11) is 0. The van der Waals surface area contributed by atoms with Crippen LogP contribution in [0.5, 0.6) is 0 Å². The molecule has 1 heteroatoms. The van der Waals surface area contributed by atoms with E-state index in [1.54, 1.807) is 0 Å². The van der Waals surface area contributed by atoms with E-state index in [0.717, 1.165) is 0 Å². The molecular formula is C14H23I. The molecule has 0 aromatic heterocycles. The SMILES string of the molecule is C1=CC2(CCCC2)CCC12CCCC2.I. The number of hydrogen-bond acceptors (Lipinski definition) is 0. The van der Waals surface area contributed by atoms with Crippen LogP contribution in [0, 0.1) is 10.8 Å². The third kappa shape index (κ3) is 2.13. The van der Waals surface area contributed by atoms with E-state index in [4.69, 9.17) is 0 Å². The summed E-state index contributed by atoms with van der Waals surface area (Å²) in [6.45, 7) is 0. The molecule has 2 fully saturated rings. The van der Waals surface area contributed by atoms with Gasteiger partial charge in [-0.3, -0.25) is 0 Å². The summed E-state index contributed by atoms with van der Waals surface area (Å²) in [5, 5.41) is 0. The van der Waals surface area contributed by atoms with Crippen molar-refractivity contribution in [2.24, 2.45) is 10.8 Å². The first kappa shape index (κ1) is 11.9. The highest BCUT2D eigenvalue weighted by atomic mass is 127. The Morgan fingerprint density at radius 1 is 0.533 bits per heavy atom. The molecule has 0 aromatic carbocycles. The lowest BCUT2D eigenvalue weighted by molar-refractivity contribution is 0.237. The zero-order valence-electron chi connectivity index (χ0n) is 9.63. The lowest BCUT2D eigenvalue weighted by Crippen LogP contribution is -2.25. The van der Waals surface area contributed by atoms with E-state index in [2.05, 4.69) is 12.2 Å². The Morgan fingerprint density at radius 3 is 1.13 bits per heavy atom. The maximum Gasteiger partial charge on any atom is -0.0118 e. The molecule has 0 unspecified atom stereocenters. The molecule has 2 spiro atoms. The van der Waals surface area contributed by atoms with Crippen LogP contribution >= 0.6 is 24.0 Å². The second kappa shape index (κ2) is 4.38. The normalized spacial score (nSPS) is 30.9. The van der Waals surface area contributed by atoms with E-state index >= 15 is 0 Å². The van der Waals surface area contributed by atoms with Crippen LogP contribution in [-0.2, 0) is 0 Å². The van der Waals surface area contributed by atoms with Gasteiger partial charge in [-0.25, -0.2) is 0 Å². The third-order valence-electron chi connectivity index (χ3n) is 5.11. The third-order valence-corrected chi connectivity index (χ3v) is 5.11. The van der Waals surface area contributed by atoms with Crippen LogP contribution in [0.15, 0.2) is 12.2 Å². The minimum atomic E-state index is 0. The number of rotatable bonds is 0. The van der Waals surface area contributed by atoms with Crippen molar-refractivity contribution in [3.8, 4) is 0 Å². The van der Waals surface area contributed by atoms with E-state index in [0.29, 0.717) is 10.8 Å². The summed E-state index contributed by atoms with van der Waals surface area (Å²) in [5.41, 5.74) is 1.35. The summed E-state index contributed by atoms with van der Waals surface area (Å²) < 4.78 is 0. The standard InChI is InChI=1S/C14H22.HI/c1-2-6-13(5-1)9-11-14(12-10-13)7-3-4-8-14;/h9,11H,1-8,10,12H2;1H. The molecule has 0 N–H and O–H groups in total. The predicted molar refractivity (Wildman–Crippen MR) is 75.6 cm³/mol. The van der Waals surface area contributed by atoms with Gasteiger partial charge in [0, 0.05) is 0 Å². The van der Waals surface area contributed by atoms with Crippen molar-refractivity contribution >= 4 is 24.0 Å². The molecule has 0 radical (unpaired) electrons. The Bertz CT molecular complexity index is 216. The summed E-state index contributed by atoms with van der Waals surface area (Å²) in [5.74, 6) is 0. The van der Waals surface area contributed by atoms with Crippen molar-refractivity contribution in [3.05, 3.63) is 12.2 Å². The van der Waals surface area contributed by atoms with Crippen molar-refractivity contribution in [3.63, 3.8) is 0 Å². The van der Waals surface area contributed by atoms with E-state index in [-0.39, 0.29) is 24.0 Å². The highest BCUT2D eigenvalue weighted by molar-refractivity contribution is 14.0. The molecule has 3 aliphatic rings. The molecule has 0 heterocycles. The minimum absolute atomic E-state index is 0. The smallest absolute Gasteiger partial charge is 0.0118 e. The molecule has 86 valence electrons. The lowest BCUT2D eigenvalue weighted by atomic mass is 9.67. The van der Waals surface area contributed by atoms with Crippen LogP contribution in [0.25, 0.3) is 0 Å². The molecule has 2 saturated carbocycles. The predicted octanol–water partition coefficient (Wildman–Crippen LogP) is 5.08. The number of allylic oxidation sites excluding steroid dienone is 2. The Balaban J connectivity index is 0.000000853. The highest BCUT2D eigenvalue weighted by Gasteiger charge is 2.40. The fourth-order valence-electron chi connectivity index (χ4n) is 4.01. The summed E-state index contributed by atoms with van der Waals surface area (Å²) in [4.78, 5) is 0. The van der Waals surface area contributed by atoms with Gasteiger partial charge < -0.3 is 0 Å². The van der Waals surface area contributed by atoms with Crippen molar-refractivity contribution in [2.75, 3.05) is 0 Å². The molecule has 0 atom stereocenters. The van der Waals surface area contributed by atoms with E-state index in [1.807, 2.05) is 0 Å². The number of halogens is 1. The Labute approximate surface area is 111 Å². The lowest BCUT2D eigenvalue weighted by Gasteiger charge is -2.37. The molecule has 0 amide bonds. The van der Waals surface area contributed by atoms with E-state index in [9.17, 15) is 0 Å².